The Morgan fingerprint density at radius 1 is 1.16 bits per heavy atom. The van der Waals surface area contributed by atoms with E-state index in [4.69, 9.17) is 21.1 Å². The molecule has 0 saturated carbocycles. The molecule has 3 rings (SSSR count). The molecule has 0 saturated heterocycles. The fourth-order valence-corrected chi connectivity index (χ4v) is 3.78. The molecule has 3 aromatic rings. The summed E-state index contributed by atoms with van der Waals surface area (Å²) >= 11 is 6.48. The normalized spacial score (nSPS) is 11.6. The Labute approximate surface area is 185 Å². The summed E-state index contributed by atoms with van der Waals surface area (Å²) in [6.45, 7) is 2.30. The second-order valence-corrected chi connectivity index (χ2v) is 7.37. The van der Waals surface area contributed by atoms with Gasteiger partial charge in [-0.3, -0.25) is 0 Å². The highest BCUT2D eigenvalue weighted by molar-refractivity contribution is 6.33. The third-order valence-corrected chi connectivity index (χ3v) is 5.34. The van der Waals surface area contributed by atoms with Gasteiger partial charge in [0.15, 0.2) is 11.6 Å². The molecule has 0 aliphatic heterocycles. The predicted molar refractivity (Wildman–Crippen MR) is 118 cm³/mol. The first kappa shape index (κ1) is 22.5. The zero-order chi connectivity index (χ0) is 22.4. The van der Waals surface area contributed by atoms with Crippen molar-refractivity contribution in [2.45, 2.75) is 12.8 Å². The number of halogens is 2. The third kappa shape index (κ3) is 4.77. The fourth-order valence-electron chi connectivity index (χ4n) is 3.47. The van der Waals surface area contributed by atoms with Gasteiger partial charge >= 0.3 is 0 Å². The molecule has 0 aliphatic carbocycles. The molecule has 1 atom stereocenters. The second-order valence-electron chi connectivity index (χ2n) is 6.97. The number of hydrogen-bond acceptors (Lipinski definition) is 4. The lowest BCUT2D eigenvalue weighted by molar-refractivity contribution is -0.108. The molecule has 158 valence electrons. The minimum absolute atomic E-state index is 0.000705. The van der Waals surface area contributed by atoms with Gasteiger partial charge in [0.05, 0.1) is 24.2 Å². The van der Waals surface area contributed by atoms with Gasteiger partial charge in [0, 0.05) is 23.3 Å². The molecule has 0 aromatic heterocycles. The van der Waals surface area contributed by atoms with Crippen molar-refractivity contribution in [2.24, 2.45) is 0 Å². The number of ether oxygens (including phenoxy) is 2. The molecule has 0 bridgehead atoms. The summed E-state index contributed by atoms with van der Waals surface area (Å²) in [5.74, 6) is -1.24. The van der Waals surface area contributed by atoms with Crippen molar-refractivity contribution >= 4 is 17.9 Å². The SMILES string of the molecule is COCCOc1ccc(C#N)c(-c2cc(C(C=O)c3ccccc3)c(C)cc2Cl)c1F. The number of nitriles is 1. The van der Waals surface area contributed by atoms with Crippen LogP contribution in [-0.4, -0.2) is 26.6 Å². The monoisotopic (exact) mass is 437 g/mol. The number of hydrogen-bond donors (Lipinski definition) is 0. The Bertz CT molecular complexity index is 1130. The van der Waals surface area contributed by atoms with Crippen LogP contribution in [0.5, 0.6) is 5.75 Å². The summed E-state index contributed by atoms with van der Waals surface area (Å²) < 4.78 is 25.8. The first-order valence-corrected chi connectivity index (χ1v) is 10.0. The number of carbonyl (C=O) groups is 1. The summed E-state index contributed by atoms with van der Waals surface area (Å²) in [5.41, 5.74) is 2.79. The predicted octanol–water partition coefficient (Wildman–Crippen LogP) is 5.68. The lowest BCUT2D eigenvalue weighted by Gasteiger charge is -2.18. The molecule has 0 aliphatic rings. The number of carbonyl (C=O) groups excluding carboxylic acids is 1. The highest BCUT2D eigenvalue weighted by Crippen LogP contribution is 2.40. The first-order chi connectivity index (χ1) is 15.0. The van der Waals surface area contributed by atoms with Crippen molar-refractivity contribution in [3.05, 3.63) is 87.7 Å². The lowest BCUT2D eigenvalue weighted by atomic mass is 9.86. The number of methoxy groups -OCH3 is 1. The molecule has 1 unspecified atom stereocenters. The van der Waals surface area contributed by atoms with Gasteiger partial charge in [-0.05, 0) is 47.9 Å². The Kier molecular flexibility index (Phi) is 7.41. The van der Waals surface area contributed by atoms with Gasteiger partial charge < -0.3 is 14.3 Å². The van der Waals surface area contributed by atoms with Gasteiger partial charge in [-0.15, -0.1) is 0 Å². The van der Waals surface area contributed by atoms with E-state index in [9.17, 15) is 10.1 Å². The van der Waals surface area contributed by atoms with Crippen LogP contribution in [0.1, 0.15) is 28.2 Å². The van der Waals surface area contributed by atoms with Gasteiger partial charge in [0.25, 0.3) is 0 Å². The Hall–Kier alpha value is -3.20. The van der Waals surface area contributed by atoms with E-state index in [0.29, 0.717) is 17.7 Å². The molecule has 0 fully saturated rings. The highest BCUT2D eigenvalue weighted by atomic mass is 35.5. The van der Waals surface area contributed by atoms with Gasteiger partial charge in [-0.25, -0.2) is 4.39 Å². The van der Waals surface area contributed by atoms with Gasteiger partial charge in [-0.2, -0.15) is 5.26 Å². The number of benzene rings is 3. The van der Waals surface area contributed by atoms with E-state index >= 15 is 4.39 Å². The van der Waals surface area contributed by atoms with Crippen LogP contribution in [0.4, 0.5) is 4.39 Å². The Morgan fingerprint density at radius 3 is 2.55 bits per heavy atom. The van der Waals surface area contributed by atoms with Crippen molar-refractivity contribution in [2.75, 3.05) is 20.3 Å². The maximum absolute atomic E-state index is 15.4. The minimum Gasteiger partial charge on any atom is -0.488 e. The summed E-state index contributed by atoms with van der Waals surface area (Å²) in [7, 11) is 1.52. The molecule has 0 N–H and O–H groups in total. The standard InChI is InChI=1S/C25H21ClFNO3/c1-16-12-22(26)20(13-19(16)21(15-29)17-6-4-3-5-7-17)24-18(14-28)8-9-23(25(24)27)31-11-10-30-2/h3-9,12-13,15,21H,10-11H2,1-2H3. The van der Waals surface area contributed by atoms with Crippen LogP contribution in [-0.2, 0) is 9.53 Å². The third-order valence-electron chi connectivity index (χ3n) is 5.03. The van der Waals surface area contributed by atoms with Crippen LogP contribution in [0.3, 0.4) is 0 Å². The lowest BCUT2D eigenvalue weighted by Crippen LogP contribution is -2.07. The second kappa shape index (κ2) is 10.2. The summed E-state index contributed by atoms with van der Waals surface area (Å²) in [5, 5.41) is 9.86. The summed E-state index contributed by atoms with van der Waals surface area (Å²) in [4.78, 5) is 12.0. The minimum atomic E-state index is -0.686. The van der Waals surface area contributed by atoms with E-state index in [-0.39, 0.29) is 28.5 Å². The molecule has 3 aromatic carbocycles. The maximum atomic E-state index is 15.4. The molecular weight excluding hydrogens is 417 g/mol. The van der Waals surface area contributed by atoms with Crippen molar-refractivity contribution in [3.63, 3.8) is 0 Å². The highest BCUT2D eigenvalue weighted by Gasteiger charge is 2.23. The quantitative estimate of drug-likeness (QED) is 0.336. The van der Waals surface area contributed by atoms with Crippen molar-refractivity contribution < 1.29 is 18.7 Å². The zero-order valence-corrected chi connectivity index (χ0v) is 17.9. The van der Waals surface area contributed by atoms with Crippen molar-refractivity contribution in [1.29, 1.82) is 5.26 Å². The van der Waals surface area contributed by atoms with Gasteiger partial charge in [0.1, 0.15) is 12.9 Å². The van der Waals surface area contributed by atoms with Crippen LogP contribution in [0.2, 0.25) is 5.02 Å². The molecule has 0 spiro atoms. The van der Waals surface area contributed by atoms with Crippen LogP contribution in [0, 0.1) is 24.1 Å². The molecule has 0 amide bonds. The van der Waals surface area contributed by atoms with E-state index in [2.05, 4.69) is 0 Å². The van der Waals surface area contributed by atoms with Crippen LogP contribution < -0.4 is 4.74 Å². The van der Waals surface area contributed by atoms with Crippen LogP contribution in [0.25, 0.3) is 11.1 Å². The molecule has 31 heavy (non-hydrogen) atoms. The maximum Gasteiger partial charge on any atom is 0.174 e. The molecule has 0 radical (unpaired) electrons. The number of aldehydes is 1. The van der Waals surface area contributed by atoms with Crippen molar-refractivity contribution in [3.8, 4) is 22.9 Å². The average Bonchev–Trinajstić information content (AvgIpc) is 2.78. The molecule has 0 heterocycles. The Morgan fingerprint density at radius 2 is 1.90 bits per heavy atom. The first-order valence-electron chi connectivity index (χ1n) is 9.66. The van der Waals surface area contributed by atoms with E-state index in [1.165, 1.54) is 19.2 Å². The van der Waals surface area contributed by atoms with E-state index in [1.54, 1.807) is 12.1 Å². The number of aryl methyl sites for hydroxylation is 1. The topological polar surface area (TPSA) is 59.3 Å². The molecule has 4 nitrogen and oxygen atoms in total. The number of rotatable bonds is 8. The van der Waals surface area contributed by atoms with Crippen LogP contribution >= 0.6 is 11.6 Å². The van der Waals surface area contributed by atoms with Crippen LogP contribution in [0.15, 0.2) is 54.6 Å². The average molecular weight is 438 g/mol. The Balaban J connectivity index is 2.17. The van der Waals surface area contributed by atoms with Crippen molar-refractivity contribution in [1.82, 2.24) is 0 Å². The molecular formula is C25H21ClFNO3. The smallest absolute Gasteiger partial charge is 0.174 e. The zero-order valence-electron chi connectivity index (χ0n) is 17.2. The van der Waals surface area contributed by atoms with Gasteiger partial charge in [0.2, 0.25) is 0 Å². The van der Waals surface area contributed by atoms with Gasteiger partial charge in [-0.1, -0.05) is 41.9 Å². The molecule has 6 heteroatoms. The number of nitrogens with zero attached hydrogens (tertiary/aromatic N) is 1. The summed E-state index contributed by atoms with van der Waals surface area (Å²) in [6.07, 6.45) is 0.848. The summed E-state index contributed by atoms with van der Waals surface area (Å²) in [6, 6.07) is 17.6. The fraction of sp³-hybridized carbons (Fsp3) is 0.200. The van der Waals surface area contributed by atoms with E-state index in [1.807, 2.05) is 43.3 Å². The van der Waals surface area contributed by atoms with E-state index < -0.39 is 11.7 Å². The largest absolute Gasteiger partial charge is 0.488 e. The van der Waals surface area contributed by atoms with E-state index in [0.717, 1.165) is 17.4 Å².